The molecule has 108 valence electrons. The van der Waals surface area contributed by atoms with Crippen molar-refractivity contribution in [2.45, 2.75) is 38.1 Å². The van der Waals surface area contributed by atoms with Crippen molar-refractivity contribution in [2.75, 3.05) is 0 Å². The van der Waals surface area contributed by atoms with Crippen molar-refractivity contribution in [3.05, 3.63) is 29.8 Å². The molecule has 1 aliphatic rings. The van der Waals surface area contributed by atoms with Crippen LogP contribution in [0.4, 0.5) is 4.39 Å². The number of amides is 1. The van der Waals surface area contributed by atoms with Gasteiger partial charge < -0.3 is 11.1 Å². The molecule has 1 aliphatic carbocycles. The van der Waals surface area contributed by atoms with Crippen LogP contribution in [0.2, 0.25) is 0 Å². The van der Waals surface area contributed by atoms with E-state index in [2.05, 4.69) is 10.3 Å². The number of nitrogens with zero attached hydrogens (tertiary/aromatic N) is 1. The van der Waals surface area contributed by atoms with Gasteiger partial charge in [-0.25, -0.2) is 4.39 Å². The first kappa shape index (κ1) is 14.8. The van der Waals surface area contributed by atoms with Gasteiger partial charge in [0.05, 0.1) is 22.8 Å². The van der Waals surface area contributed by atoms with E-state index in [9.17, 15) is 9.18 Å². The maximum Gasteiger partial charge on any atom is 0.254 e. The lowest BCUT2D eigenvalue weighted by Gasteiger charge is -2.30. The molecule has 0 aliphatic heterocycles. The molecule has 2 rings (SSSR count). The van der Waals surface area contributed by atoms with Gasteiger partial charge in [-0.15, -0.1) is 0 Å². The summed E-state index contributed by atoms with van der Waals surface area (Å²) in [6, 6.07) is 0.979. The van der Waals surface area contributed by atoms with Crippen molar-refractivity contribution in [3.8, 4) is 0 Å². The molecule has 1 atom stereocenters. The number of hydrogen-bond donors (Lipinski definition) is 2. The molecule has 0 spiro atoms. The van der Waals surface area contributed by atoms with Crippen molar-refractivity contribution < 1.29 is 9.18 Å². The second kappa shape index (κ2) is 6.74. The Hall–Kier alpha value is -1.56. The van der Waals surface area contributed by atoms with Crippen LogP contribution >= 0.6 is 12.2 Å². The fourth-order valence-corrected chi connectivity index (χ4v) is 2.92. The number of thiocarbonyl (C=S) groups is 1. The first-order valence-electron chi connectivity index (χ1n) is 6.79. The lowest BCUT2D eigenvalue weighted by molar-refractivity contribution is 0.0927. The van der Waals surface area contributed by atoms with Crippen LogP contribution in [0.25, 0.3) is 0 Å². The average Bonchev–Trinajstić information content (AvgIpc) is 2.45. The van der Waals surface area contributed by atoms with E-state index in [1.165, 1.54) is 18.7 Å². The number of aromatic nitrogens is 1. The van der Waals surface area contributed by atoms with Crippen LogP contribution < -0.4 is 11.1 Å². The lowest BCUT2D eigenvalue weighted by Crippen LogP contribution is -2.49. The Morgan fingerprint density at radius 2 is 2.15 bits per heavy atom. The van der Waals surface area contributed by atoms with Gasteiger partial charge in [0, 0.05) is 6.20 Å². The number of pyridine rings is 1. The van der Waals surface area contributed by atoms with Crippen LogP contribution in [0.3, 0.4) is 0 Å². The van der Waals surface area contributed by atoms with Crippen molar-refractivity contribution in [2.24, 2.45) is 11.7 Å². The molecule has 4 nitrogen and oxygen atoms in total. The first-order valence-corrected chi connectivity index (χ1v) is 7.20. The van der Waals surface area contributed by atoms with Gasteiger partial charge in [0.25, 0.3) is 5.91 Å². The summed E-state index contributed by atoms with van der Waals surface area (Å²) in [5.74, 6) is -0.890. The fourth-order valence-electron chi connectivity index (χ4n) is 2.67. The van der Waals surface area contributed by atoms with Gasteiger partial charge >= 0.3 is 0 Å². The van der Waals surface area contributed by atoms with Crippen LogP contribution in [0.5, 0.6) is 0 Å². The standard InChI is InChI=1S/C14H18FN3OS/c15-11-8-17-7-6-10(11)14(19)18-12(13(16)20)9-4-2-1-3-5-9/h6-9,12H,1-5H2,(H2,16,20)(H,18,19). The highest BCUT2D eigenvalue weighted by molar-refractivity contribution is 7.80. The third-order valence-corrected chi connectivity index (χ3v) is 3.99. The quantitative estimate of drug-likeness (QED) is 0.836. The molecule has 1 heterocycles. The predicted molar refractivity (Wildman–Crippen MR) is 78.8 cm³/mol. The van der Waals surface area contributed by atoms with Crippen molar-refractivity contribution in [1.29, 1.82) is 0 Å². The van der Waals surface area contributed by atoms with E-state index in [0.717, 1.165) is 31.9 Å². The molecule has 20 heavy (non-hydrogen) atoms. The van der Waals surface area contributed by atoms with Crippen LogP contribution in [-0.2, 0) is 0 Å². The zero-order valence-corrected chi connectivity index (χ0v) is 12.0. The molecule has 0 aromatic carbocycles. The normalized spacial score (nSPS) is 17.4. The number of halogens is 1. The van der Waals surface area contributed by atoms with Gasteiger partial charge in [-0.2, -0.15) is 0 Å². The Morgan fingerprint density at radius 3 is 2.75 bits per heavy atom. The highest BCUT2D eigenvalue weighted by Gasteiger charge is 2.28. The summed E-state index contributed by atoms with van der Waals surface area (Å²) in [7, 11) is 0. The molecule has 1 aromatic heterocycles. The molecule has 3 N–H and O–H groups in total. The Morgan fingerprint density at radius 1 is 1.45 bits per heavy atom. The van der Waals surface area contributed by atoms with Crippen LogP contribution in [-0.4, -0.2) is 21.9 Å². The molecule has 0 saturated heterocycles. The minimum Gasteiger partial charge on any atom is -0.392 e. The van der Waals surface area contributed by atoms with Crippen molar-refractivity contribution in [1.82, 2.24) is 10.3 Å². The van der Waals surface area contributed by atoms with Gasteiger partial charge in [-0.3, -0.25) is 9.78 Å². The summed E-state index contributed by atoms with van der Waals surface area (Å²) in [6.45, 7) is 0. The molecule has 1 amide bonds. The predicted octanol–water partition coefficient (Wildman–Crippen LogP) is 2.19. The fraction of sp³-hybridized carbons (Fsp3) is 0.500. The first-order chi connectivity index (χ1) is 9.59. The number of carbonyl (C=O) groups is 1. The molecule has 6 heteroatoms. The molecule has 1 fully saturated rings. The molecule has 0 bridgehead atoms. The van der Waals surface area contributed by atoms with Gasteiger partial charge in [-0.05, 0) is 24.8 Å². The smallest absolute Gasteiger partial charge is 0.254 e. The van der Waals surface area contributed by atoms with Gasteiger partial charge in [-0.1, -0.05) is 31.5 Å². The second-order valence-electron chi connectivity index (χ2n) is 5.11. The molecular weight excluding hydrogens is 277 g/mol. The van der Waals surface area contributed by atoms with E-state index in [4.69, 9.17) is 18.0 Å². The number of carbonyl (C=O) groups excluding carboxylic acids is 1. The van der Waals surface area contributed by atoms with Gasteiger partial charge in [0.15, 0.2) is 5.82 Å². The van der Waals surface area contributed by atoms with E-state index in [-0.39, 0.29) is 22.5 Å². The monoisotopic (exact) mass is 295 g/mol. The average molecular weight is 295 g/mol. The highest BCUT2D eigenvalue weighted by Crippen LogP contribution is 2.27. The molecule has 1 unspecified atom stereocenters. The lowest BCUT2D eigenvalue weighted by atomic mass is 9.83. The second-order valence-corrected chi connectivity index (χ2v) is 5.58. The zero-order chi connectivity index (χ0) is 14.5. The Labute approximate surface area is 123 Å². The molecule has 1 aromatic rings. The van der Waals surface area contributed by atoms with Gasteiger partial charge in [0.1, 0.15) is 0 Å². The molecular formula is C14H18FN3OS. The maximum atomic E-state index is 13.5. The number of hydrogen-bond acceptors (Lipinski definition) is 3. The van der Waals surface area contributed by atoms with Crippen LogP contribution in [0.15, 0.2) is 18.5 Å². The Kier molecular flexibility index (Phi) is 5.00. The van der Waals surface area contributed by atoms with E-state index < -0.39 is 11.7 Å². The van der Waals surface area contributed by atoms with Gasteiger partial charge in [0.2, 0.25) is 0 Å². The third-order valence-electron chi connectivity index (χ3n) is 3.73. The number of rotatable bonds is 4. The minimum atomic E-state index is -0.643. The van der Waals surface area contributed by atoms with E-state index in [1.54, 1.807) is 0 Å². The summed E-state index contributed by atoms with van der Waals surface area (Å²) >= 11 is 5.06. The Bertz CT molecular complexity index is 503. The topological polar surface area (TPSA) is 68.0 Å². The summed E-state index contributed by atoms with van der Waals surface area (Å²) in [5, 5.41) is 2.77. The molecule has 0 radical (unpaired) electrons. The maximum absolute atomic E-state index is 13.5. The summed E-state index contributed by atoms with van der Waals surface area (Å²) in [6.07, 6.45) is 7.81. The minimum absolute atomic E-state index is 0.0305. The van der Waals surface area contributed by atoms with E-state index in [1.807, 2.05) is 0 Å². The van der Waals surface area contributed by atoms with E-state index >= 15 is 0 Å². The zero-order valence-electron chi connectivity index (χ0n) is 11.1. The summed E-state index contributed by atoms with van der Waals surface area (Å²) in [4.78, 5) is 16.0. The summed E-state index contributed by atoms with van der Waals surface area (Å²) < 4.78 is 13.5. The largest absolute Gasteiger partial charge is 0.392 e. The van der Waals surface area contributed by atoms with Crippen molar-refractivity contribution in [3.63, 3.8) is 0 Å². The van der Waals surface area contributed by atoms with E-state index in [0.29, 0.717) is 0 Å². The van der Waals surface area contributed by atoms with Crippen LogP contribution in [0, 0.1) is 11.7 Å². The number of nitrogens with one attached hydrogen (secondary N) is 1. The Balaban J connectivity index is 2.10. The highest BCUT2D eigenvalue weighted by atomic mass is 32.1. The number of nitrogens with two attached hydrogens (primary N) is 1. The molecule has 1 saturated carbocycles. The SMILES string of the molecule is NC(=S)C(NC(=O)c1ccncc1F)C1CCCCC1. The summed E-state index contributed by atoms with van der Waals surface area (Å²) in [5.41, 5.74) is 5.71. The van der Waals surface area contributed by atoms with Crippen LogP contribution in [0.1, 0.15) is 42.5 Å². The van der Waals surface area contributed by atoms with Crippen molar-refractivity contribution >= 4 is 23.1 Å². The third kappa shape index (κ3) is 3.50.